The number of hydrogen-bond donors (Lipinski definition) is 1. The van der Waals surface area contributed by atoms with Crippen LogP contribution in [0.25, 0.3) is 0 Å². The minimum atomic E-state index is -4.55. The second-order valence-electron chi connectivity index (χ2n) is 4.05. The fourth-order valence-corrected chi connectivity index (χ4v) is 1.63. The topological polar surface area (TPSA) is 24.4 Å². The third-order valence-corrected chi connectivity index (χ3v) is 2.61. The smallest absolute Gasteiger partial charge is 0.278 e. The van der Waals surface area contributed by atoms with Gasteiger partial charge in [0.2, 0.25) is 0 Å². The number of hydrogen-bond acceptors (Lipinski definition) is 2. The van der Waals surface area contributed by atoms with E-state index in [0.717, 1.165) is 30.5 Å². The van der Waals surface area contributed by atoms with Crippen LogP contribution < -0.4 is 5.43 Å². The number of alkyl halides is 3. The van der Waals surface area contributed by atoms with Crippen LogP contribution in [0.15, 0.2) is 47.6 Å². The Kier molecular flexibility index (Phi) is 4.21. The van der Waals surface area contributed by atoms with Crippen LogP contribution in [0.5, 0.6) is 0 Å². The summed E-state index contributed by atoms with van der Waals surface area (Å²) in [6.07, 6.45) is -3.76. The predicted octanol–water partition coefficient (Wildman–Crippen LogP) is 4.43. The minimum absolute atomic E-state index is 0.307. The highest BCUT2D eigenvalue weighted by Crippen LogP contribution is 2.34. The molecular formula is C14H9F5N2. The van der Waals surface area contributed by atoms with E-state index in [1.807, 2.05) is 0 Å². The number of nitrogens with zero attached hydrogens (tertiary/aromatic N) is 1. The lowest BCUT2D eigenvalue weighted by Gasteiger charge is -2.11. The van der Waals surface area contributed by atoms with E-state index in [-0.39, 0.29) is 5.69 Å². The Balaban J connectivity index is 2.23. The number of benzene rings is 2. The van der Waals surface area contributed by atoms with E-state index >= 15 is 0 Å². The van der Waals surface area contributed by atoms with E-state index < -0.39 is 28.9 Å². The Hall–Kier alpha value is -2.44. The Bertz CT molecular complexity index is 644. The summed E-state index contributed by atoms with van der Waals surface area (Å²) in [6.45, 7) is 0. The molecule has 0 aromatic heterocycles. The van der Waals surface area contributed by atoms with Crippen molar-refractivity contribution in [2.24, 2.45) is 5.10 Å². The number of hydrazone groups is 1. The third-order valence-electron chi connectivity index (χ3n) is 2.61. The van der Waals surface area contributed by atoms with Gasteiger partial charge in [0, 0.05) is 0 Å². The fraction of sp³-hybridized carbons (Fsp3) is 0.0714. The van der Waals surface area contributed by atoms with Gasteiger partial charge in [-0.05, 0) is 24.3 Å². The number of halogens is 5. The van der Waals surface area contributed by atoms with Crippen molar-refractivity contribution in [3.63, 3.8) is 0 Å². The number of nitrogens with one attached hydrogen (secondary N) is 1. The van der Waals surface area contributed by atoms with E-state index in [1.54, 1.807) is 0 Å². The molecule has 2 aromatic rings. The maximum absolute atomic E-state index is 13.3. The Morgan fingerprint density at radius 2 is 1.52 bits per heavy atom. The van der Waals surface area contributed by atoms with Crippen LogP contribution in [-0.2, 0) is 6.18 Å². The van der Waals surface area contributed by atoms with Gasteiger partial charge in [0.1, 0.15) is 11.6 Å². The van der Waals surface area contributed by atoms with Gasteiger partial charge in [0.15, 0.2) is 0 Å². The largest absolute Gasteiger partial charge is 0.418 e. The number of para-hydroxylation sites is 1. The van der Waals surface area contributed by atoms with Gasteiger partial charge in [-0.25, -0.2) is 8.78 Å². The van der Waals surface area contributed by atoms with Crippen LogP contribution in [0.1, 0.15) is 11.1 Å². The van der Waals surface area contributed by atoms with E-state index in [1.165, 1.54) is 18.2 Å². The van der Waals surface area contributed by atoms with Crippen LogP contribution in [0.3, 0.4) is 0 Å². The Labute approximate surface area is 116 Å². The average Bonchev–Trinajstić information content (AvgIpc) is 2.41. The van der Waals surface area contributed by atoms with E-state index in [9.17, 15) is 22.0 Å². The van der Waals surface area contributed by atoms with Crippen LogP contribution in [0.2, 0.25) is 0 Å². The average molecular weight is 300 g/mol. The summed E-state index contributed by atoms with van der Waals surface area (Å²) in [5.41, 5.74) is 0.476. The molecule has 0 bridgehead atoms. The van der Waals surface area contributed by atoms with Gasteiger partial charge in [-0.2, -0.15) is 18.3 Å². The van der Waals surface area contributed by atoms with E-state index in [4.69, 9.17) is 0 Å². The summed E-state index contributed by atoms with van der Waals surface area (Å²) in [7, 11) is 0. The van der Waals surface area contributed by atoms with Gasteiger partial charge >= 0.3 is 6.18 Å². The molecule has 0 aliphatic rings. The van der Waals surface area contributed by atoms with Crippen molar-refractivity contribution in [2.75, 3.05) is 5.43 Å². The molecule has 0 saturated heterocycles. The molecule has 21 heavy (non-hydrogen) atoms. The van der Waals surface area contributed by atoms with E-state index in [0.29, 0.717) is 0 Å². The zero-order valence-electron chi connectivity index (χ0n) is 10.5. The van der Waals surface area contributed by atoms with Crippen molar-refractivity contribution < 1.29 is 22.0 Å². The molecule has 0 amide bonds. The van der Waals surface area contributed by atoms with Gasteiger partial charge in [-0.3, -0.25) is 5.43 Å². The lowest BCUT2D eigenvalue weighted by atomic mass is 10.2. The van der Waals surface area contributed by atoms with Crippen molar-refractivity contribution >= 4 is 11.9 Å². The maximum atomic E-state index is 13.3. The lowest BCUT2D eigenvalue weighted by Crippen LogP contribution is -2.08. The molecule has 0 atom stereocenters. The molecule has 110 valence electrons. The van der Waals surface area contributed by atoms with Gasteiger partial charge in [0.25, 0.3) is 0 Å². The normalized spacial score (nSPS) is 11.9. The van der Waals surface area contributed by atoms with Crippen molar-refractivity contribution in [2.45, 2.75) is 6.18 Å². The van der Waals surface area contributed by atoms with Crippen LogP contribution >= 0.6 is 0 Å². The van der Waals surface area contributed by atoms with Gasteiger partial charge < -0.3 is 0 Å². The lowest BCUT2D eigenvalue weighted by molar-refractivity contribution is -0.136. The predicted molar refractivity (Wildman–Crippen MR) is 69.0 cm³/mol. The third kappa shape index (κ3) is 3.56. The summed E-state index contributed by atoms with van der Waals surface area (Å²) in [4.78, 5) is 0. The molecule has 0 aliphatic carbocycles. The van der Waals surface area contributed by atoms with Gasteiger partial charge in [-0.15, -0.1) is 0 Å². The summed E-state index contributed by atoms with van der Waals surface area (Å²) in [6, 6.07) is 7.88. The molecule has 0 spiro atoms. The minimum Gasteiger partial charge on any atom is -0.278 e. The van der Waals surface area contributed by atoms with Crippen molar-refractivity contribution in [3.8, 4) is 0 Å². The molecule has 0 heterocycles. The van der Waals surface area contributed by atoms with Crippen molar-refractivity contribution in [1.29, 1.82) is 0 Å². The summed E-state index contributed by atoms with van der Waals surface area (Å²) >= 11 is 0. The van der Waals surface area contributed by atoms with Crippen molar-refractivity contribution in [1.82, 2.24) is 0 Å². The first kappa shape index (κ1) is 15.0. The molecule has 2 rings (SSSR count). The second kappa shape index (κ2) is 5.90. The number of rotatable bonds is 3. The first-order valence-corrected chi connectivity index (χ1v) is 5.79. The quantitative estimate of drug-likeness (QED) is 0.506. The SMILES string of the molecule is Fc1cccc(F)c1C=NNc1ccccc1C(F)(F)F. The van der Waals surface area contributed by atoms with E-state index in [2.05, 4.69) is 10.5 Å². The highest BCUT2D eigenvalue weighted by molar-refractivity contribution is 5.81. The van der Waals surface area contributed by atoms with Crippen LogP contribution in [0.4, 0.5) is 27.6 Å². The summed E-state index contributed by atoms with van der Waals surface area (Å²) in [5.74, 6) is -1.71. The molecular weight excluding hydrogens is 291 g/mol. The monoisotopic (exact) mass is 300 g/mol. The van der Waals surface area contributed by atoms with Crippen LogP contribution in [0, 0.1) is 11.6 Å². The first-order valence-electron chi connectivity index (χ1n) is 5.79. The maximum Gasteiger partial charge on any atom is 0.418 e. The summed E-state index contributed by atoms with van der Waals surface area (Å²) in [5, 5.41) is 3.45. The molecule has 0 radical (unpaired) electrons. The molecule has 2 nitrogen and oxygen atoms in total. The molecule has 0 fully saturated rings. The molecule has 0 aliphatic heterocycles. The van der Waals surface area contributed by atoms with Crippen molar-refractivity contribution in [3.05, 3.63) is 65.2 Å². The standard InChI is InChI=1S/C14H9F5N2/c15-11-5-3-6-12(16)9(11)8-20-21-13-7-2-1-4-10(13)14(17,18)19/h1-8,21H. The zero-order valence-corrected chi connectivity index (χ0v) is 10.5. The molecule has 7 heteroatoms. The zero-order chi connectivity index (χ0) is 15.5. The first-order chi connectivity index (χ1) is 9.89. The second-order valence-corrected chi connectivity index (χ2v) is 4.05. The molecule has 1 N–H and O–H groups in total. The highest BCUT2D eigenvalue weighted by Gasteiger charge is 2.33. The van der Waals surface area contributed by atoms with Gasteiger partial charge in [-0.1, -0.05) is 18.2 Å². The van der Waals surface area contributed by atoms with Crippen LogP contribution in [-0.4, -0.2) is 6.21 Å². The van der Waals surface area contributed by atoms with Gasteiger partial charge in [0.05, 0.1) is 23.0 Å². The Morgan fingerprint density at radius 1 is 0.905 bits per heavy atom. The Morgan fingerprint density at radius 3 is 2.14 bits per heavy atom. The molecule has 0 saturated carbocycles. The summed E-state index contributed by atoms with van der Waals surface area (Å²) < 4.78 is 64.8. The highest BCUT2D eigenvalue weighted by atomic mass is 19.4. The number of anilines is 1. The fourth-order valence-electron chi connectivity index (χ4n) is 1.63. The molecule has 2 aromatic carbocycles. The molecule has 0 unspecified atom stereocenters.